The number of anilines is 1. The Morgan fingerprint density at radius 1 is 1.23 bits per heavy atom. The highest BCUT2D eigenvalue weighted by Crippen LogP contribution is 2.36. The molecule has 1 fully saturated rings. The van der Waals surface area contributed by atoms with E-state index in [9.17, 15) is 5.11 Å². The van der Waals surface area contributed by atoms with E-state index in [1.54, 1.807) is 29.8 Å². The molecule has 8 nitrogen and oxygen atoms in total. The Bertz CT molecular complexity index is 1210. The van der Waals surface area contributed by atoms with Crippen LogP contribution in [0, 0.1) is 0 Å². The summed E-state index contributed by atoms with van der Waals surface area (Å²) < 4.78 is 0.964. The van der Waals surface area contributed by atoms with Gasteiger partial charge in [0.15, 0.2) is 10.8 Å². The molecular weight excluding hydrogens is 410 g/mol. The number of aromatic amines is 1. The van der Waals surface area contributed by atoms with E-state index in [1.165, 1.54) is 0 Å². The van der Waals surface area contributed by atoms with Crippen molar-refractivity contribution in [3.8, 4) is 28.1 Å². The van der Waals surface area contributed by atoms with Crippen molar-refractivity contribution >= 4 is 26.8 Å². The summed E-state index contributed by atoms with van der Waals surface area (Å²) in [5, 5.41) is 27.0. The maximum absolute atomic E-state index is 10.6. The average molecular weight is 436 g/mol. The molecule has 31 heavy (non-hydrogen) atoms. The van der Waals surface area contributed by atoms with Crippen LogP contribution in [-0.2, 0) is 0 Å². The molecule has 0 spiro atoms. The first kappa shape index (κ1) is 19.9. The summed E-state index contributed by atoms with van der Waals surface area (Å²) in [7, 11) is 4.31. The molecule has 0 amide bonds. The Labute approximate surface area is 184 Å². The van der Waals surface area contributed by atoms with Gasteiger partial charge in [0.1, 0.15) is 5.75 Å². The summed E-state index contributed by atoms with van der Waals surface area (Å²) in [6, 6.07) is 8.52. The highest BCUT2D eigenvalue weighted by atomic mass is 32.1. The molecule has 5 rings (SSSR count). The molecule has 1 aliphatic rings. The lowest BCUT2D eigenvalue weighted by Gasteiger charge is -2.39. The smallest absolute Gasteiger partial charge is 0.194 e. The van der Waals surface area contributed by atoms with Gasteiger partial charge in [0.2, 0.25) is 0 Å². The van der Waals surface area contributed by atoms with E-state index in [0.717, 1.165) is 40.3 Å². The molecule has 9 heteroatoms. The standard InChI is InChI=1S/C22H25N7OS/c1-13-8-16(6-7-28(13)2)29(3)22-25-21-20(31-22)10-18(26-27-21)17-5-4-14(9-19(17)30)15-11-23-24-12-15/h4-5,9-13,16,30H,6-8H2,1-3H3,(H,23,24)/t13-,16+/m1/s1. The van der Waals surface area contributed by atoms with Crippen LogP contribution in [0.4, 0.5) is 5.13 Å². The zero-order valence-electron chi connectivity index (χ0n) is 17.8. The number of fused-ring (bicyclic) bond motifs is 1. The van der Waals surface area contributed by atoms with Crippen LogP contribution in [0.3, 0.4) is 0 Å². The third-order valence-corrected chi connectivity index (χ3v) is 7.36. The zero-order valence-corrected chi connectivity index (χ0v) is 18.6. The molecule has 0 bridgehead atoms. The van der Waals surface area contributed by atoms with E-state index < -0.39 is 0 Å². The number of thiazole rings is 1. The number of aromatic hydroxyl groups is 1. The van der Waals surface area contributed by atoms with E-state index in [4.69, 9.17) is 4.98 Å². The van der Waals surface area contributed by atoms with E-state index in [0.29, 0.717) is 29.0 Å². The predicted molar refractivity (Wildman–Crippen MR) is 123 cm³/mol. The van der Waals surface area contributed by atoms with Crippen LogP contribution in [0.15, 0.2) is 36.7 Å². The fourth-order valence-electron chi connectivity index (χ4n) is 4.12. The topological polar surface area (TPSA) is 94.1 Å². The lowest BCUT2D eigenvalue weighted by atomic mass is 9.98. The second-order valence-electron chi connectivity index (χ2n) is 8.25. The highest BCUT2D eigenvalue weighted by molar-refractivity contribution is 7.22. The molecule has 0 radical (unpaired) electrons. The van der Waals surface area contributed by atoms with Crippen molar-refractivity contribution < 1.29 is 5.11 Å². The summed E-state index contributed by atoms with van der Waals surface area (Å²) in [5.41, 5.74) is 3.73. The Hall–Kier alpha value is -3.04. The molecular formula is C22H25N7OS. The van der Waals surface area contributed by atoms with Crippen molar-refractivity contribution in [3.63, 3.8) is 0 Å². The summed E-state index contributed by atoms with van der Waals surface area (Å²) in [6.45, 7) is 3.37. The minimum absolute atomic E-state index is 0.162. The minimum atomic E-state index is 0.162. The first-order valence-corrected chi connectivity index (χ1v) is 11.2. The number of piperidine rings is 1. The molecule has 1 aromatic carbocycles. The Morgan fingerprint density at radius 3 is 2.84 bits per heavy atom. The first-order valence-electron chi connectivity index (χ1n) is 10.4. The summed E-state index contributed by atoms with van der Waals surface area (Å²) in [4.78, 5) is 9.41. The Kier molecular flexibility index (Phi) is 5.07. The molecule has 4 heterocycles. The molecule has 0 aliphatic carbocycles. The van der Waals surface area contributed by atoms with Crippen LogP contribution in [0.2, 0.25) is 0 Å². The SMILES string of the molecule is C[C@@H]1C[C@@H](N(C)c2nc3nnc(-c4ccc(-c5cn[nH]c5)cc4O)cc3s2)CCN1C. The summed E-state index contributed by atoms with van der Waals surface area (Å²) in [6.07, 6.45) is 5.76. The number of nitrogens with zero attached hydrogens (tertiary/aromatic N) is 6. The maximum atomic E-state index is 10.6. The van der Waals surface area contributed by atoms with E-state index >= 15 is 0 Å². The molecule has 160 valence electrons. The summed E-state index contributed by atoms with van der Waals surface area (Å²) in [5.74, 6) is 0.162. The van der Waals surface area contributed by atoms with Crippen molar-refractivity contribution in [3.05, 3.63) is 36.7 Å². The van der Waals surface area contributed by atoms with E-state index in [-0.39, 0.29) is 5.75 Å². The van der Waals surface area contributed by atoms with Gasteiger partial charge in [0, 0.05) is 43.0 Å². The van der Waals surface area contributed by atoms with Crippen molar-refractivity contribution in [2.75, 3.05) is 25.5 Å². The molecule has 4 aromatic rings. The lowest BCUT2D eigenvalue weighted by Crippen LogP contribution is -2.46. The van der Waals surface area contributed by atoms with Gasteiger partial charge < -0.3 is 14.9 Å². The third kappa shape index (κ3) is 3.75. The molecule has 1 saturated heterocycles. The van der Waals surface area contributed by atoms with Crippen molar-refractivity contribution in [2.45, 2.75) is 31.8 Å². The van der Waals surface area contributed by atoms with E-state index in [1.807, 2.05) is 18.2 Å². The van der Waals surface area contributed by atoms with Gasteiger partial charge in [-0.2, -0.15) is 10.1 Å². The van der Waals surface area contributed by atoms with Gasteiger partial charge in [-0.25, -0.2) is 0 Å². The van der Waals surface area contributed by atoms with Crippen LogP contribution in [0.1, 0.15) is 19.8 Å². The molecule has 1 aliphatic heterocycles. The molecule has 2 atom stereocenters. The molecule has 3 aromatic heterocycles. The largest absolute Gasteiger partial charge is 0.507 e. The number of nitrogens with one attached hydrogen (secondary N) is 1. The summed E-state index contributed by atoms with van der Waals surface area (Å²) >= 11 is 1.62. The number of phenols is 1. The predicted octanol–water partition coefficient (Wildman–Crippen LogP) is 3.77. The van der Waals surface area contributed by atoms with Gasteiger partial charge in [0.05, 0.1) is 16.6 Å². The average Bonchev–Trinajstić information content (AvgIpc) is 3.44. The van der Waals surface area contributed by atoms with Crippen LogP contribution in [0.5, 0.6) is 5.75 Å². The molecule has 0 saturated carbocycles. The quantitative estimate of drug-likeness (QED) is 0.504. The number of hydrogen-bond acceptors (Lipinski definition) is 8. The second kappa shape index (κ2) is 7.90. The van der Waals surface area contributed by atoms with Crippen molar-refractivity contribution in [2.24, 2.45) is 0 Å². The monoisotopic (exact) mass is 435 g/mol. The third-order valence-electron chi connectivity index (χ3n) is 6.28. The van der Waals surface area contributed by atoms with Gasteiger partial charge in [-0.1, -0.05) is 17.4 Å². The number of aromatic nitrogens is 5. The molecule has 0 unspecified atom stereocenters. The highest BCUT2D eigenvalue weighted by Gasteiger charge is 2.27. The Morgan fingerprint density at radius 2 is 2.10 bits per heavy atom. The van der Waals surface area contributed by atoms with Gasteiger partial charge in [-0.05, 0) is 50.6 Å². The number of H-pyrrole nitrogens is 1. The van der Waals surface area contributed by atoms with Gasteiger partial charge in [-0.3, -0.25) is 5.10 Å². The van der Waals surface area contributed by atoms with Gasteiger partial charge >= 0.3 is 0 Å². The number of hydrogen-bond donors (Lipinski definition) is 2. The van der Waals surface area contributed by atoms with Gasteiger partial charge in [0.25, 0.3) is 0 Å². The zero-order chi connectivity index (χ0) is 21.5. The van der Waals surface area contributed by atoms with Crippen LogP contribution < -0.4 is 4.90 Å². The number of likely N-dealkylation sites (tertiary alicyclic amines) is 1. The van der Waals surface area contributed by atoms with Crippen LogP contribution in [-0.4, -0.2) is 68.1 Å². The van der Waals surface area contributed by atoms with Crippen molar-refractivity contribution in [1.82, 2.24) is 30.3 Å². The number of rotatable bonds is 4. The Balaban J connectivity index is 1.42. The van der Waals surface area contributed by atoms with E-state index in [2.05, 4.69) is 51.2 Å². The normalized spacial score (nSPS) is 19.7. The van der Waals surface area contributed by atoms with Crippen LogP contribution in [0.25, 0.3) is 32.7 Å². The number of benzene rings is 1. The first-order chi connectivity index (χ1) is 15.0. The fourth-order valence-corrected chi connectivity index (χ4v) is 5.09. The maximum Gasteiger partial charge on any atom is 0.194 e. The second-order valence-corrected chi connectivity index (χ2v) is 9.26. The fraction of sp³-hybridized carbons (Fsp3) is 0.364. The van der Waals surface area contributed by atoms with Crippen molar-refractivity contribution in [1.29, 1.82) is 0 Å². The van der Waals surface area contributed by atoms with Crippen LogP contribution >= 0.6 is 11.3 Å². The lowest BCUT2D eigenvalue weighted by molar-refractivity contribution is 0.181. The minimum Gasteiger partial charge on any atom is -0.507 e. The number of phenolic OH excluding ortho intramolecular Hbond substituents is 1. The molecule has 2 N–H and O–H groups in total. The van der Waals surface area contributed by atoms with Gasteiger partial charge in [-0.15, -0.1) is 10.2 Å².